The summed E-state index contributed by atoms with van der Waals surface area (Å²) in [4.78, 5) is 3.90. The smallest absolute Gasteiger partial charge is 0.106 e. The normalized spacial score (nSPS) is 7.62. The summed E-state index contributed by atoms with van der Waals surface area (Å²) in [6.45, 7) is 0. The van der Waals surface area contributed by atoms with E-state index in [-0.39, 0.29) is 5.48 Å². The minimum absolute atomic E-state index is 0. The Labute approximate surface area is 56.0 Å². The van der Waals surface area contributed by atoms with E-state index in [0.29, 0.717) is 0 Å². The van der Waals surface area contributed by atoms with Crippen molar-refractivity contribution in [2.75, 3.05) is 0 Å². The summed E-state index contributed by atoms with van der Waals surface area (Å²) in [7, 11) is 0. The van der Waals surface area contributed by atoms with Gasteiger partial charge in [-0.25, -0.2) is 4.98 Å². The summed E-state index contributed by atoms with van der Waals surface area (Å²) in [5, 5.41) is 0. The van der Waals surface area contributed by atoms with Crippen molar-refractivity contribution in [3.63, 3.8) is 0 Å². The zero-order valence-corrected chi connectivity index (χ0v) is 5.72. The van der Waals surface area contributed by atoms with Crippen LogP contribution in [0.1, 0.15) is 0 Å². The molecule has 0 atom stereocenters. The van der Waals surface area contributed by atoms with Gasteiger partial charge in [0, 0.05) is 6.20 Å². The van der Waals surface area contributed by atoms with Crippen molar-refractivity contribution in [2.45, 2.75) is 0 Å². The average molecular weight is 176 g/mol. The Morgan fingerprint density at radius 2 is 2.12 bits per heavy atom. The molecule has 0 fully saturated rings. The molecule has 0 bridgehead atoms. The molecule has 1 rings (SSSR count). The van der Waals surface area contributed by atoms with Crippen LogP contribution in [0.4, 0.5) is 0 Å². The van der Waals surface area contributed by atoms with Crippen LogP contribution >= 0.6 is 15.9 Å². The number of pyridine rings is 1. The van der Waals surface area contributed by atoms with E-state index in [4.69, 9.17) is 0 Å². The standard InChI is InChI=1S/C5H4BrN.H2O/c6-5-3-1-2-4-7-5;/h1-4H;1H2. The highest BCUT2D eigenvalue weighted by molar-refractivity contribution is 9.10. The van der Waals surface area contributed by atoms with Gasteiger partial charge in [-0.1, -0.05) is 6.07 Å². The fourth-order valence-corrected chi connectivity index (χ4v) is 0.613. The van der Waals surface area contributed by atoms with Gasteiger partial charge in [-0.05, 0) is 28.1 Å². The molecular formula is C5H6BrNO. The monoisotopic (exact) mass is 175 g/mol. The second kappa shape index (κ2) is 3.57. The van der Waals surface area contributed by atoms with E-state index < -0.39 is 0 Å². The lowest BCUT2D eigenvalue weighted by molar-refractivity contribution is 0.824. The molecule has 0 aliphatic rings. The highest BCUT2D eigenvalue weighted by atomic mass is 79.9. The summed E-state index contributed by atoms with van der Waals surface area (Å²) in [5.41, 5.74) is 0. The predicted molar refractivity (Wildman–Crippen MR) is 35.6 cm³/mol. The number of aromatic nitrogens is 1. The highest BCUT2D eigenvalue weighted by Gasteiger charge is 1.75. The summed E-state index contributed by atoms with van der Waals surface area (Å²) < 4.78 is 0.884. The fourth-order valence-electron chi connectivity index (χ4n) is 0.342. The molecule has 0 aliphatic heterocycles. The van der Waals surface area contributed by atoms with Crippen LogP contribution in [0.3, 0.4) is 0 Å². The molecule has 1 heterocycles. The minimum atomic E-state index is 0. The first kappa shape index (κ1) is 7.59. The first-order valence-corrected chi connectivity index (χ1v) is 2.75. The first-order valence-electron chi connectivity index (χ1n) is 1.96. The van der Waals surface area contributed by atoms with Crippen molar-refractivity contribution in [1.82, 2.24) is 4.98 Å². The molecule has 1 aromatic rings. The van der Waals surface area contributed by atoms with E-state index in [9.17, 15) is 0 Å². The molecule has 0 radical (unpaired) electrons. The van der Waals surface area contributed by atoms with Gasteiger partial charge >= 0.3 is 0 Å². The van der Waals surface area contributed by atoms with Crippen molar-refractivity contribution >= 4 is 15.9 Å². The van der Waals surface area contributed by atoms with Gasteiger partial charge in [0.1, 0.15) is 4.60 Å². The fraction of sp³-hybridized carbons (Fsp3) is 0. The highest BCUT2D eigenvalue weighted by Crippen LogP contribution is 2.00. The minimum Gasteiger partial charge on any atom is -0.412 e. The van der Waals surface area contributed by atoms with Crippen molar-refractivity contribution in [2.24, 2.45) is 0 Å². The molecule has 0 aliphatic carbocycles. The molecule has 0 aromatic carbocycles. The molecule has 0 unspecified atom stereocenters. The van der Waals surface area contributed by atoms with Crippen LogP contribution in [0.25, 0.3) is 0 Å². The van der Waals surface area contributed by atoms with E-state index in [2.05, 4.69) is 20.9 Å². The molecule has 3 heteroatoms. The Kier molecular flexibility index (Phi) is 3.39. The number of rotatable bonds is 0. The Morgan fingerprint density at radius 3 is 2.38 bits per heavy atom. The quantitative estimate of drug-likeness (QED) is 0.544. The second-order valence-electron chi connectivity index (χ2n) is 1.15. The van der Waals surface area contributed by atoms with Crippen molar-refractivity contribution < 1.29 is 5.48 Å². The zero-order valence-electron chi connectivity index (χ0n) is 4.13. The van der Waals surface area contributed by atoms with Crippen molar-refractivity contribution in [1.29, 1.82) is 0 Å². The molecular weight excluding hydrogens is 170 g/mol. The number of hydrogen-bond acceptors (Lipinski definition) is 1. The molecule has 2 N–H and O–H groups in total. The lowest BCUT2D eigenvalue weighted by Crippen LogP contribution is -1.66. The SMILES string of the molecule is Brc1ccccn1.O. The van der Waals surface area contributed by atoms with Gasteiger partial charge < -0.3 is 5.48 Å². The van der Waals surface area contributed by atoms with Gasteiger partial charge in [0.2, 0.25) is 0 Å². The molecule has 1 aromatic heterocycles. The lowest BCUT2D eigenvalue weighted by Gasteiger charge is -1.80. The third kappa shape index (κ3) is 2.04. The molecule has 0 spiro atoms. The van der Waals surface area contributed by atoms with Gasteiger partial charge in [-0.2, -0.15) is 0 Å². The largest absolute Gasteiger partial charge is 0.412 e. The van der Waals surface area contributed by atoms with Gasteiger partial charge in [-0.15, -0.1) is 0 Å². The molecule has 0 amide bonds. The van der Waals surface area contributed by atoms with Crippen LogP contribution in [0.5, 0.6) is 0 Å². The van der Waals surface area contributed by atoms with Gasteiger partial charge in [0.25, 0.3) is 0 Å². The van der Waals surface area contributed by atoms with Crippen LogP contribution in [-0.2, 0) is 0 Å². The molecule has 2 nitrogen and oxygen atoms in total. The second-order valence-corrected chi connectivity index (χ2v) is 1.96. The van der Waals surface area contributed by atoms with Crippen molar-refractivity contribution in [3.05, 3.63) is 29.0 Å². The van der Waals surface area contributed by atoms with E-state index >= 15 is 0 Å². The third-order valence-corrected chi connectivity index (χ3v) is 1.10. The van der Waals surface area contributed by atoms with E-state index in [1.807, 2.05) is 18.2 Å². The maximum absolute atomic E-state index is 3.90. The average Bonchev–Trinajstić information content (AvgIpc) is 1.69. The van der Waals surface area contributed by atoms with Crippen LogP contribution in [0.15, 0.2) is 29.0 Å². The molecule has 0 saturated heterocycles. The Morgan fingerprint density at radius 1 is 1.38 bits per heavy atom. The maximum atomic E-state index is 3.90. The van der Waals surface area contributed by atoms with E-state index in [1.165, 1.54) is 0 Å². The molecule has 44 valence electrons. The third-order valence-electron chi connectivity index (χ3n) is 0.629. The lowest BCUT2D eigenvalue weighted by atomic mass is 10.5. The maximum Gasteiger partial charge on any atom is 0.106 e. The first-order chi connectivity index (χ1) is 3.39. The van der Waals surface area contributed by atoms with Crippen LogP contribution in [0.2, 0.25) is 0 Å². The zero-order chi connectivity index (χ0) is 5.11. The van der Waals surface area contributed by atoms with E-state index in [0.717, 1.165) is 4.60 Å². The van der Waals surface area contributed by atoms with Gasteiger partial charge in [0.15, 0.2) is 0 Å². The molecule has 0 saturated carbocycles. The number of nitrogens with zero attached hydrogens (tertiary/aromatic N) is 1. The van der Waals surface area contributed by atoms with Crippen LogP contribution in [0, 0.1) is 0 Å². The summed E-state index contributed by atoms with van der Waals surface area (Å²) in [6.07, 6.45) is 1.74. The number of halogens is 1. The van der Waals surface area contributed by atoms with Crippen LogP contribution < -0.4 is 0 Å². The summed E-state index contributed by atoms with van der Waals surface area (Å²) >= 11 is 3.20. The predicted octanol–water partition coefficient (Wildman–Crippen LogP) is 1.02. The summed E-state index contributed by atoms with van der Waals surface area (Å²) in [6, 6.07) is 5.70. The Balaban J connectivity index is 0.000000490. The van der Waals surface area contributed by atoms with Gasteiger partial charge in [-0.3, -0.25) is 0 Å². The molecule has 8 heavy (non-hydrogen) atoms. The Hall–Kier alpha value is -0.410. The Bertz CT molecular complexity index is 142. The van der Waals surface area contributed by atoms with Crippen LogP contribution in [-0.4, -0.2) is 10.5 Å². The van der Waals surface area contributed by atoms with Gasteiger partial charge in [0.05, 0.1) is 0 Å². The van der Waals surface area contributed by atoms with E-state index in [1.54, 1.807) is 6.20 Å². The summed E-state index contributed by atoms with van der Waals surface area (Å²) in [5.74, 6) is 0. The number of hydrogen-bond donors (Lipinski definition) is 0. The van der Waals surface area contributed by atoms with Crippen molar-refractivity contribution in [3.8, 4) is 0 Å². The topological polar surface area (TPSA) is 44.4 Å².